The number of nitrogens with one attached hydrogen (secondary N) is 1. The van der Waals surface area contributed by atoms with Crippen molar-refractivity contribution in [3.63, 3.8) is 0 Å². The second-order valence-electron chi connectivity index (χ2n) is 4.51. The van der Waals surface area contributed by atoms with Gasteiger partial charge in [-0.15, -0.1) is 0 Å². The van der Waals surface area contributed by atoms with Crippen LogP contribution in [-0.2, 0) is 4.79 Å². The molecule has 0 aromatic carbocycles. The molecule has 2 aliphatic rings. The summed E-state index contributed by atoms with van der Waals surface area (Å²) >= 11 is 0. The number of nitrogens with two attached hydrogens (primary N) is 1. The number of primary amides is 1. The van der Waals surface area contributed by atoms with Crippen molar-refractivity contribution in [3.05, 3.63) is 0 Å². The molecule has 0 bridgehead atoms. The fraction of sp³-hybridized carbons (Fsp3) is 0.900. The molecular formula is C10H18N2O. The lowest BCUT2D eigenvalue weighted by Gasteiger charge is -2.37. The van der Waals surface area contributed by atoms with Crippen LogP contribution in [0.5, 0.6) is 0 Å². The zero-order valence-electron chi connectivity index (χ0n) is 8.01. The summed E-state index contributed by atoms with van der Waals surface area (Å²) < 4.78 is 0. The normalized spacial score (nSPS) is 39.5. The summed E-state index contributed by atoms with van der Waals surface area (Å²) in [5, 5.41) is 3.55. The van der Waals surface area contributed by atoms with E-state index in [9.17, 15) is 4.79 Å². The van der Waals surface area contributed by atoms with Gasteiger partial charge in [0.15, 0.2) is 0 Å². The van der Waals surface area contributed by atoms with E-state index in [0.29, 0.717) is 0 Å². The van der Waals surface area contributed by atoms with Gasteiger partial charge in [-0.05, 0) is 38.6 Å². The van der Waals surface area contributed by atoms with E-state index in [1.807, 2.05) is 0 Å². The van der Waals surface area contributed by atoms with Crippen LogP contribution >= 0.6 is 0 Å². The van der Waals surface area contributed by atoms with Crippen LogP contribution in [0, 0.1) is 5.92 Å². The van der Waals surface area contributed by atoms with Gasteiger partial charge in [0, 0.05) is 11.5 Å². The number of rotatable bonds is 1. The molecule has 1 aliphatic heterocycles. The molecule has 2 unspecified atom stereocenters. The topological polar surface area (TPSA) is 55.1 Å². The molecule has 3 heteroatoms. The zero-order valence-corrected chi connectivity index (χ0v) is 8.01. The molecule has 1 aliphatic carbocycles. The van der Waals surface area contributed by atoms with Gasteiger partial charge in [-0.3, -0.25) is 4.79 Å². The number of carbonyl (C=O) groups is 1. The predicted octanol–water partition coefficient (Wildman–Crippen LogP) is 0.784. The third-order valence-corrected chi connectivity index (χ3v) is 3.58. The quantitative estimate of drug-likeness (QED) is 0.629. The Bertz CT molecular complexity index is 209. The van der Waals surface area contributed by atoms with Gasteiger partial charge in [0.25, 0.3) is 0 Å². The van der Waals surface area contributed by atoms with E-state index in [0.717, 1.165) is 25.8 Å². The summed E-state index contributed by atoms with van der Waals surface area (Å²) in [7, 11) is 0. The Hall–Kier alpha value is -0.570. The standard InChI is InChI=1S/C10H18N2O/c11-9(13)8-3-1-4-10(7-8)5-2-6-12-10/h8,12H,1-7H2,(H2,11,13). The second kappa shape index (κ2) is 3.29. The van der Waals surface area contributed by atoms with Gasteiger partial charge in [0.1, 0.15) is 0 Å². The van der Waals surface area contributed by atoms with Gasteiger partial charge in [-0.1, -0.05) is 6.42 Å². The first-order valence-corrected chi connectivity index (χ1v) is 5.26. The summed E-state index contributed by atoms with van der Waals surface area (Å²) in [5.74, 6) is 0.0205. The van der Waals surface area contributed by atoms with Crippen molar-refractivity contribution < 1.29 is 4.79 Å². The molecule has 1 heterocycles. The van der Waals surface area contributed by atoms with Gasteiger partial charge in [-0.25, -0.2) is 0 Å². The van der Waals surface area contributed by atoms with E-state index < -0.39 is 0 Å². The molecule has 74 valence electrons. The summed E-state index contributed by atoms with van der Waals surface area (Å²) in [6.45, 7) is 1.12. The van der Waals surface area contributed by atoms with E-state index >= 15 is 0 Å². The first kappa shape index (κ1) is 9.00. The molecule has 1 saturated carbocycles. The van der Waals surface area contributed by atoms with Crippen LogP contribution in [0.25, 0.3) is 0 Å². The lowest BCUT2D eigenvalue weighted by Crippen LogP contribution is -2.46. The third kappa shape index (κ3) is 1.70. The van der Waals surface area contributed by atoms with Crippen molar-refractivity contribution in [2.45, 2.75) is 44.1 Å². The molecular weight excluding hydrogens is 164 g/mol. The van der Waals surface area contributed by atoms with Crippen LogP contribution in [-0.4, -0.2) is 18.0 Å². The zero-order chi connectivity index (χ0) is 9.31. The first-order chi connectivity index (χ1) is 6.22. The highest BCUT2D eigenvalue weighted by Gasteiger charge is 2.39. The molecule has 0 radical (unpaired) electrons. The Balaban J connectivity index is 2.02. The monoisotopic (exact) mass is 182 g/mol. The lowest BCUT2D eigenvalue weighted by molar-refractivity contribution is -0.123. The van der Waals surface area contributed by atoms with Crippen LogP contribution in [0.3, 0.4) is 0 Å². The van der Waals surface area contributed by atoms with Crippen molar-refractivity contribution in [2.24, 2.45) is 11.7 Å². The maximum atomic E-state index is 11.1. The Kier molecular flexibility index (Phi) is 2.28. The molecule has 1 amide bonds. The predicted molar refractivity (Wildman–Crippen MR) is 51.1 cm³/mol. The average molecular weight is 182 g/mol. The minimum absolute atomic E-state index is 0.104. The molecule has 3 nitrogen and oxygen atoms in total. The highest BCUT2D eigenvalue weighted by atomic mass is 16.1. The van der Waals surface area contributed by atoms with E-state index in [4.69, 9.17) is 5.73 Å². The van der Waals surface area contributed by atoms with Crippen molar-refractivity contribution in [2.75, 3.05) is 6.54 Å². The van der Waals surface area contributed by atoms with E-state index in [1.165, 1.54) is 19.3 Å². The van der Waals surface area contributed by atoms with Crippen LogP contribution < -0.4 is 11.1 Å². The van der Waals surface area contributed by atoms with Crippen LogP contribution in [0.4, 0.5) is 0 Å². The highest BCUT2D eigenvalue weighted by molar-refractivity contribution is 5.76. The Morgan fingerprint density at radius 2 is 2.15 bits per heavy atom. The van der Waals surface area contributed by atoms with Gasteiger partial charge in [0.2, 0.25) is 5.91 Å². The smallest absolute Gasteiger partial charge is 0.220 e. The van der Waals surface area contributed by atoms with Gasteiger partial charge in [0.05, 0.1) is 0 Å². The number of amides is 1. The average Bonchev–Trinajstić information content (AvgIpc) is 2.53. The molecule has 2 rings (SSSR count). The SMILES string of the molecule is NC(=O)C1CCCC2(CCCN2)C1. The molecule has 13 heavy (non-hydrogen) atoms. The number of hydrogen-bond donors (Lipinski definition) is 2. The maximum Gasteiger partial charge on any atom is 0.220 e. The largest absolute Gasteiger partial charge is 0.369 e. The van der Waals surface area contributed by atoms with Gasteiger partial charge < -0.3 is 11.1 Å². The van der Waals surface area contributed by atoms with Crippen LogP contribution in [0.15, 0.2) is 0 Å². The number of carbonyl (C=O) groups excluding carboxylic acids is 1. The Labute approximate surface area is 79.1 Å². The number of hydrogen-bond acceptors (Lipinski definition) is 2. The van der Waals surface area contributed by atoms with Crippen LogP contribution in [0.1, 0.15) is 38.5 Å². The molecule has 0 aromatic heterocycles. The molecule has 0 aromatic rings. The molecule has 1 saturated heterocycles. The van der Waals surface area contributed by atoms with Gasteiger partial charge in [-0.2, -0.15) is 0 Å². The maximum absolute atomic E-state index is 11.1. The molecule has 3 N–H and O–H groups in total. The lowest BCUT2D eigenvalue weighted by atomic mass is 9.75. The van der Waals surface area contributed by atoms with Crippen molar-refractivity contribution in [1.82, 2.24) is 5.32 Å². The van der Waals surface area contributed by atoms with Crippen molar-refractivity contribution in [1.29, 1.82) is 0 Å². The van der Waals surface area contributed by atoms with E-state index in [1.54, 1.807) is 0 Å². The highest BCUT2D eigenvalue weighted by Crippen LogP contribution is 2.37. The summed E-state index contributed by atoms with van der Waals surface area (Å²) in [6, 6.07) is 0. The summed E-state index contributed by atoms with van der Waals surface area (Å²) in [4.78, 5) is 11.1. The molecule has 2 fully saturated rings. The van der Waals surface area contributed by atoms with E-state index in [-0.39, 0.29) is 17.4 Å². The minimum atomic E-state index is -0.104. The van der Waals surface area contributed by atoms with E-state index in [2.05, 4.69) is 5.32 Å². The summed E-state index contributed by atoms with van der Waals surface area (Å²) in [6.07, 6.45) is 6.85. The summed E-state index contributed by atoms with van der Waals surface area (Å²) in [5.41, 5.74) is 5.63. The van der Waals surface area contributed by atoms with Crippen molar-refractivity contribution >= 4 is 5.91 Å². The second-order valence-corrected chi connectivity index (χ2v) is 4.51. The Morgan fingerprint density at radius 1 is 1.38 bits per heavy atom. The fourth-order valence-corrected chi connectivity index (χ4v) is 2.86. The molecule has 2 atom stereocenters. The van der Waals surface area contributed by atoms with Crippen LogP contribution in [0.2, 0.25) is 0 Å². The van der Waals surface area contributed by atoms with Crippen molar-refractivity contribution in [3.8, 4) is 0 Å². The molecule has 1 spiro atoms. The fourth-order valence-electron chi connectivity index (χ4n) is 2.86. The van der Waals surface area contributed by atoms with Gasteiger partial charge >= 0.3 is 0 Å². The minimum Gasteiger partial charge on any atom is -0.369 e. The Morgan fingerprint density at radius 3 is 2.77 bits per heavy atom. The first-order valence-electron chi connectivity index (χ1n) is 5.26. The third-order valence-electron chi connectivity index (χ3n) is 3.58.